The van der Waals surface area contributed by atoms with Gasteiger partial charge in [0.1, 0.15) is 5.01 Å². The monoisotopic (exact) mass is 519 g/mol. The first-order valence-electron chi connectivity index (χ1n) is 12.7. The van der Waals surface area contributed by atoms with Crippen LogP contribution in [0.5, 0.6) is 0 Å². The second-order valence-corrected chi connectivity index (χ2v) is 11.7. The van der Waals surface area contributed by atoms with Gasteiger partial charge >= 0.3 is 0 Å². The van der Waals surface area contributed by atoms with Crippen molar-refractivity contribution >= 4 is 63.8 Å². The Labute approximate surface area is 228 Å². The molecular formula is C35H21NS2. The molecule has 0 radical (unpaired) electrons. The van der Waals surface area contributed by atoms with E-state index in [9.17, 15) is 0 Å². The Bertz CT molecular complexity index is 2130. The lowest BCUT2D eigenvalue weighted by Gasteiger charge is -2.09. The van der Waals surface area contributed by atoms with Gasteiger partial charge in [0.15, 0.2) is 0 Å². The molecule has 6 aromatic carbocycles. The van der Waals surface area contributed by atoms with E-state index in [1.165, 1.54) is 63.5 Å². The maximum atomic E-state index is 5.03. The third-order valence-corrected chi connectivity index (χ3v) is 9.60. The highest BCUT2D eigenvalue weighted by molar-refractivity contribution is 7.26. The van der Waals surface area contributed by atoms with E-state index in [0.29, 0.717) is 0 Å². The molecule has 0 amide bonds. The van der Waals surface area contributed by atoms with E-state index in [4.69, 9.17) is 4.98 Å². The van der Waals surface area contributed by atoms with Gasteiger partial charge in [0.25, 0.3) is 0 Å². The lowest BCUT2D eigenvalue weighted by molar-refractivity contribution is 1.49. The van der Waals surface area contributed by atoms with Gasteiger partial charge in [-0.2, -0.15) is 0 Å². The molecule has 0 atom stereocenters. The molecule has 38 heavy (non-hydrogen) atoms. The summed E-state index contributed by atoms with van der Waals surface area (Å²) in [5.41, 5.74) is 7.25. The summed E-state index contributed by atoms with van der Waals surface area (Å²) in [6, 6.07) is 46.0. The Kier molecular flexibility index (Phi) is 4.94. The van der Waals surface area contributed by atoms with Crippen molar-refractivity contribution in [1.29, 1.82) is 0 Å². The number of rotatable bonds is 3. The standard InChI is InChI=1S/C35H21NS2/c1-2-8-22(9-3-1)35-36-33-27-18-16-24(21-26(27)17-19-32(33)38-35)23-10-6-11-25(20-23)28-13-7-14-30-29-12-4-5-15-31(29)37-34(28)30/h1-21H. The van der Waals surface area contributed by atoms with Gasteiger partial charge in [-0.3, -0.25) is 0 Å². The minimum absolute atomic E-state index is 1.07. The van der Waals surface area contributed by atoms with E-state index in [2.05, 4.69) is 121 Å². The van der Waals surface area contributed by atoms with Crippen LogP contribution in [0.2, 0.25) is 0 Å². The smallest absolute Gasteiger partial charge is 0.124 e. The number of thiazole rings is 1. The Hall–Kier alpha value is -4.31. The lowest BCUT2D eigenvalue weighted by atomic mass is 9.96. The predicted octanol–water partition coefficient (Wildman–Crippen LogP) is 10.8. The van der Waals surface area contributed by atoms with Crippen molar-refractivity contribution in [3.63, 3.8) is 0 Å². The van der Waals surface area contributed by atoms with Crippen LogP contribution < -0.4 is 0 Å². The van der Waals surface area contributed by atoms with E-state index in [-0.39, 0.29) is 0 Å². The SMILES string of the molecule is c1ccc(-c2nc3c(ccc4cc(-c5cccc(-c6cccc7c6sc6ccccc67)c5)ccc43)s2)cc1. The summed E-state index contributed by atoms with van der Waals surface area (Å²) in [5.74, 6) is 0. The molecule has 8 aromatic rings. The first-order valence-corrected chi connectivity index (χ1v) is 14.3. The van der Waals surface area contributed by atoms with Crippen molar-refractivity contribution in [1.82, 2.24) is 4.98 Å². The minimum Gasteiger partial charge on any atom is -0.235 e. The number of hydrogen-bond acceptors (Lipinski definition) is 3. The topological polar surface area (TPSA) is 12.9 Å². The van der Waals surface area contributed by atoms with Crippen LogP contribution >= 0.6 is 22.7 Å². The zero-order valence-corrected chi connectivity index (χ0v) is 22.0. The van der Waals surface area contributed by atoms with Crippen molar-refractivity contribution in [3.05, 3.63) is 127 Å². The molecule has 0 N–H and O–H groups in total. The average molecular weight is 520 g/mol. The lowest BCUT2D eigenvalue weighted by Crippen LogP contribution is -1.83. The van der Waals surface area contributed by atoms with Crippen molar-refractivity contribution < 1.29 is 0 Å². The van der Waals surface area contributed by atoms with Crippen LogP contribution in [0.4, 0.5) is 0 Å². The predicted molar refractivity (Wildman–Crippen MR) is 166 cm³/mol. The Morgan fingerprint density at radius 1 is 0.447 bits per heavy atom. The number of aromatic nitrogens is 1. The molecule has 0 saturated heterocycles. The molecule has 2 aromatic heterocycles. The molecule has 0 spiro atoms. The zero-order chi connectivity index (χ0) is 25.1. The largest absolute Gasteiger partial charge is 0.235 e. The van der Waals surface area contributed by atoms with Gasteiger partial charge in [0, 0.05) is 31.1 Å². The number of fused-ring (bicyclic) bond motifs is 6. The fraction of sp³-hybridized carbons (Fsp3) is 0. The summed E-state index contributed by atoms with van der Waals surface area (Å²) in [5, 5.41) is 6.17. The molecule has 0 aliphatic carbocycles. The zero-order valence-electron chi connectivity index (χ0n) is 20.4. The van der Waals surface area contributed by atoms with E-state index in [1.807, 2.05) is 17.4 Å². The maximum Gasteiger partial charge on any atom is 0.124 e. The number of thiophene rings is 1. The van der Waals surface area contributed by atoms with E-state index >= 15 is 0 Å². The second-order valence-electron chi connectivity index (χ2n) is 9.59. The highest BCUT2D eigenvalue weighted by Gasteiger charge is 2.12. The van der Waals surface area contributed by atoms with Crippen LogP contribution in [0.3, 0.4) is 0 Å². The molecule has 0 bridgehead atoms. The van der Waals surface area contributed by atoms with Crippen molar-refractivity contribution in [3.8, 4) is 32.8 Å². The summed E-state index contributed by atoms with van der Waals surface area (Å²) in [4.78, 5) is 5.03. The molecule has 8 rings (SSSR count). The van der Waals surface area contributed by atoms with E-state index in [0.717, 1.165) is 10.5 Å². The molecule has 0 aliphatic rings. The van der Waals surface area contributed by atoms with Crippen LogP contribution in [0, 0.1) is 0 Å². The third kappa shape index (κ3) is 3.47. The molecule has 1 nitrogen and oxygen atoms in total. The van der Waals surface area contributed by atoms with Crippen LogP contribution in [-0.2, 0) is 0 Å². The molecule has 3 heteroatoms. The van der Waals surface area contributed by atoms with E-state index in [1.54, 1.807) is 11.3 Å². The quantitative estimate of drug-likeness (QED) is 0.226. The minimum atomic E-state index is 1.07. The molecule has 0 saturated carbocycles. The molecule has 0 aliphatic heterocycles. The molecule has 0 unspecified atom stereocenters. The molecule has 0 fully saturated rings. The number of nitrogens with zero attached hydrogens (tertiary/aromatic N) is 1. The first-order chi connectivity index (χ1) is 18.8. The molecular weight excluding hydrogens is 499 g/mol. The van der Waals surface area contributed by atoms with Crippen LogP contribution in [0.25, 0.3) is 74.0 Å². The highest BCUT2D eigenvalue weighted by Crippen LogP contribution is 2.41. The second kappa shape index (κ2) is 8.63. The van der Waals surface area contributed by atoms with Gasteiger partial charge in [-0.05, 0) is 51.9 Å². The summed E-state index contributed by atoms with van der Waals surface area (Å²) in [6.45, 7) is 0. The Balaban J connectivity index is 1.23. The van der Waals surface area contributed by atoms with Gasteiger partial charge in [0.2, 0.25) is 0 Å². The Morgan fingerprint density at radius 2 is 1.21 bits per heavy atom. The normalized spacial score (nSPS) is 11.7. The van der Waals surface area contributed by atoms with Gasteiger partial charge in [-0.1, -0.05) is 103 Å². The van der Waals surface area contributed by atoms with Gasteiger partial charge in [-0.15, -0.1) is 22.7 Å². The van der Waals surface area contributed by atoms with E-state index < -0.39 is 0 Å². The molecule has 2 heterocycles. The van der Waals surface area contributed by atoms with Gasteiger partial charge in [0.05, 0.1) is 10.2 Å². The third-order valence-electron chi connectivity index (χ3n) is 7.31. The van der Waals surface area contributed by atoms with Crippen LogP contribution in [-0.4, -0.2) is 4.98 Å². The first kappa shape index (κ1) is 21.7. The Morgan fingerprint density at radius 3 is 2.16 bits per heavy atom. The average Bonchev–Trinajstić information content (AvgIpc) is 3.60. The van der Waals surface area contributed by atoms with Crippen LogP contribution in [0.1, 0.15) is 0 Å². The number of hydrogen-bond donors (Lipinski definition) is 0. The van der Waals surface area contributed by atoms with Crippen molar-refractivity contribution in [2.75, 3.05) is 0 Å². The number of benzene rings is 6. The summed E-state index contributed by atoms with van der Waals surface area (Å²) < 4.78 is 3.91. The summed E-state index contributed by atoms with van der Waals surface area (Å²) >= 11 is 3.64. The van der Waals surface area contributed by atoms with Crippen molar-refractivity contribution in [2.45, 2.75) is 0 Å². The van der Waals surface area contributed by atoms with Crippen molar-refractivity contribution in [2.24, 2.45) is 0 Å². The molecule has 178 valence electrons. The fourth-order valence-electron chi connectivity index (χ4n) is 5.44. The highest BCUT2D eigenvalue weighted by atomic mass is 32.1. The van der Waals surface area contributed by atoms with Crippen LogP contribution in [0.15, 0.2) is 127 Å². The maximum absolute atomic E-state index is 5.03. The fourth-order valence-corrected chi connectivity index (χ4v) is 7.67. The summed E-state index contributed by atoms with van der Waals surface area (Å²) in [6.07, 6.45) is 0. The van der Waals surface area contributed by atoms with Gasteiger partial charge in [-0.25, -0.2) is 4.98 Å². The van der Waals surface area contributed by atoms with Gasteiger partial charge < -0.3 is 0 Å². The summed E-state index contributed by atoms with van der Waals surface area (Å²) in [7, 11) is 0.